The van der Waals surface area contributed by atoms with E-state index in [4.69, 9.17) is 10.5 Å². The molecule has 1 atom stereocenters. The van der Waals surface area contributed by atoms with Crippen LogP contribution in [0, 0.1) is 21.4 Å². The van der Waals surface area contributed by atoms with E-state index < -0.39 is 14.9 Å². The van der Waals surface area contributed by atoms with Crippen molar-refractivity contribution in [3.05, 3.63) is 34.4 Å². The molecular weight excluding hydrogens is 334 g/mol. The fourth-order valence-electron chi connectivity index (χ4n) is 3.73. The van der Waals surface area contributed by atoms with Crippen molar-refractivity contribution in [1.82, 2.24) is 4.31 Å². The lowest BCUT2D eigenvalue weighted by atomic mass is 9.72. The lowest BCUT2D eigenvalue weighted by Crippen LogP contribution is -2.40. The molecule has 1 aromatic rings. The SMILES string of the molecule is NCC1CN(S(=O)(=O)c2ccc([N+](=O)[O-])cc2)CC12CCOCC2. The Morgan fingerprint density at radius 2 is 1.92 bits per heavy atom. The fourth-order valence-corrected chi connectivity index (χ4v) is 5.31. The number of nitro groups is 1. The van der Waals surface area contributed by atoms with Crippen LogP contribution in [0.2, 0.25) is 0 Å². The Labute approximate surface area is 140 Å². The maximum absolute atomic E-state index is 12.9. The van der Waals surface area contributed by atoms with Crippen molar-refractivity contribution >= 4 is 15.7 Å². The van der Waals surface area contributed by atoms with E-state index in [1.807, 2.05) is 0 Å². The largest absolute Gasteiger partial charge is 0.381 e. The summed E-state index contributed by atoms with van der Waals surface area (Å²) >= 11 is 0. The van der Waals surface area contributed by atoms with Gasteiger partial charge in [-0.25, -0.2) is 8.42 Å². The summed E-state index contributed by atoms with van der Waals surface area (Å²) in [6.07, 6.45) is 1.61. The van der Waals surface area contributed by atoms with E-state index in [1.54, 1.807) is 0 Å². The molecule has 0 aromatic heterocycles. The van der Waals surface area contributed by atoms with Crippen molar-refractivity contribution in [2.75, 3.05) is 32.8 Å². The predicted molar refractivity (Wildman–Crippen MR) is 86.9 cm³/mol. The Kier molecular flexibility index (Phi) is 4.60. The average Bonchev–Trinajstić information content (AvgIpc) is 2.94. The minimum atomic E-state index is -3.69. The number of rotatable bonds is 4. The van der Waals surface area contributed by atoms with Crippen molar-refractivity contribution in [2.45, 2.75) is 17.7 Å². The summed E-state index contributed by atoms with van der Waals surface area (Å²) in [7, 11) is -3.69. The van der Waals surface area contributed by atoms with Crippen LogP contribution in [-0.2, 0) is 14.8 Å². The maximum atomic E-state index is 12.9. The van der Waals surface area contributed by atoms with Gasteiger partial charge in [-0.15, -0.1) is 0 Å². The van der Waals surface area contributed by atoms with Gasteiger partial charge in [0.25, 0.3) is 5.69 Å². The number of hydrogen-bond donors (Lipinski definition) is 1. The number of nitro benzene ring substituents is 1. The van der Waals surface area contributed by atoms with E-state index in [9.17, 15) is 18.5 Å². The fraction of sp³-hybridized carbons (Fsp3) is 0.600. The second-order valence-electron chi connectivity index (χ2n) is 6.46. The zero-order chi connectivity index (χ0) is 17.4. The molecule has 1 unspecified atom stereocenters. The number of nitrogens with two attached hydrogens (primary N) is 1. The molecule has 9 heteroatoms. The van der Waals surface area contributed by atoms with E-state index in [-0.39, 0.29) is 21.9 Å². The minimum Gasteiger partial charge on any atom is -0.381 e. The van der Waals surface area contributed by atoms with Crippen LogP contribution in [-0.4, -0.2) is 50.5 Å². The van der Waals surface area contributed by atoms with Gasteiger partial charge in [-0.3, -0.25) is 10.1 Å². The molecule has 1 spiro atoms. The molecule has 0 amide bonds. The summed E-state index contributed by atoms with van der Waals surface area (Å²) in [6.45, 7) is 2.50. The molecule has 2 aliphatic rings. The Morgan fingerprint density at radius 3 is 2.46 bits per heavy atom. The number of benzene rings is 1. The van der Waals surface area contributed by atoms with Crippen LogP contribution in [0.5, 0.6) is 0 Å². The summed E-state index contributed by atoms with van der Waals surface area (Å²) in [5.74, 6) is 0.106. The Balaban J connectivity index is 1.86. The van der Waals surface area contributed by atoms with Crippen LogP contribution in [0.25, 0.3) is 0 Å². The third-order valence-electron chi connectivity index (χ3n) is 5.24. The van der Waals surface area contributed by atoms with Crippen LogP contribution in [0.1, 0.15) is 12.8 Å². The molecule has 8 nitrogen and oxygen atoms in total. The van der Waals surface area contributed by atoms with Crippen LogP contribution < -0.4 is 5.73 Å². The Morgan fingerprint density at radius 1 is 1.29 bits per heavy atom. The molecule has 3 rings (SSSR count). The number of non-ortho nitro benzene ring substituents is 1. The van der Waals surface area contributed by atoms with Crippen molar-refractivity contribution in [1.29, 1.82) is 0 Å². The monoisotopic (exact) mass is 355 g/mol. The van der Waals surface area contributed by atoms with Gasteiger partial charge in [0.15, 0.2) is 0 Å². The van der Waals surface area contributed by atoms with Gasteiger partial charge in [0, 0.05) is 38.4 Å². The van der Waals surface area contributed by atoms with E-state index in [0.717, 1.165) is 12.8 Å². The normalized spacial score (nSPS) is 24.3. The molecule has 1 aromatic carbocycles. The first kappa shape index (κ1) is 17.3. The van der Waals surface area contributed by atoms with Crippen molar-refractivity contribution in [2.24, 2.45) is 17.1 Å². The summed E-state index contributed by atoms with van der Waals surface area (Å²) in [6, 6.07) is 5.01. The number of sulfonamides is 1. The van der Waals surface area contributed by atoms with Gasteiger partial charge in [-0.05, 0) is 42.9 Å². The summed E-state index contributed by atoms with van der Waals surface area (Å²) in [4.78, 5) is 10.3. The topological polar surface area (TPSA) is 116 Å². The molecule has 0 saturated carbocycles. The standard InChI is InChI=1S/C15H21N3O5S/c16-9-12-10-17(11-15(12)5-7-23-8-6-15)24(21,22)14-3-1-13(2-4-14)18(19)20/h1-4,12H,5-11,16H2. The zero-order valence-electron chi connectivity index (χ0n) is 13.3. The molecule has 132 valence electrons. The lowest BCUT2D eigenvalue weighted by molar-refractivity contribution is -0.384. The van der Waals surface area contributed by atoms with Gasteiger partial charge in [-0.2, -0.15) is 4.31 Å². The average molecular weight is 355 g/mol. The number of hydrogen-bond acceptors (Lipinski definition) is 6. The second-order valence-corrected chi connectivity index (χ2v) is 8.39. The van der Waals surface area contributed by atoms with Crippen LogP contribution >= 0.6 is 0 Å². The lowest BCUT2D eigenvalue weighted by Gasteiger charge is -2.37. The van der Waals surface area contributed by atoms with Crippen molar-refractivity contribution in [3.8, 4) is 0 Å². The molecule has 2 saturated heterocycles. The smallest absolute Gasteiger partial charge is 0.269 e. The second kappa shape index (κ2) is 6.40. The van der Waals surface area contributed by atoms with Gasteiger partial charge < -0.3 is 10.5 Å². The summed E-state index contributed by atoms with van der Waals surface area (Å²) in [5, 5.41) is 10.7. The first-order chi connectivity index (χ1) is 11.4. The molecule has 0 radical (unpaired) electrons. The Hall–Kier alpha value is -1.55. The minimum absolute atomic E-state index is 0.0768. The van der Waals surface area contributed by atoms with Crippen molar-refractivity contribution in [3.63, 3.8) is 0 Å². The highest BCUT2D eigenvalue weighted by atomic mass is 32.2. The molecule has 0 bridgehead atoms. The molecule has 2 aliphatic heterocycles. The van der Waals surface area contributed by atoms with Gasteiger partial charge in [0.05, 0.1) is 9.82 Å². The quantitative estimate of drug-likeness (QED) is 0.635. The zero-order valence-corrected chi connectivity index (χ0v) is 14.1. The predicted octanol–water partition coefficient (Wildman–Crippen LogP) is 0.971. The molecule has 2 fully saturated rings. The van der Waals surface area contributed by atoms with E-state index in [0.29, 0.717) is 32.8 Å². The maximum Gasteiger partial charge on any atom is 0.269 e. The van der Waals surface area contributed by atoms with E-state index in [2.05, 4.69) is 0 Å². The summed E-state index contributed by atoms with van der Waals surface area (Å²) in [5.41, 5.74) is 5.65. The van der Waals surface area contributed by atoms with Crippen LogP contribution in [0.4, 0.5) is 5.69 Å². The third kappa shape index (κ3) is 2.92. The number of nitrogens with zero attached hydrogens (tertiary/aromatic N) is 2. The van der Waals surface area contributed by atoms with Crippen LogP contribution in [0.15, 0.2) is 29.2 Å². The van der Waals surface area contributed by atoms with Gasteiger partial charge in [0.2, 0.25) is 10.0 Å². The highest BCUT2D eigenvalue weighted by Crippen LogP contribution is 2.45. The molecule has 2 N–H and O–H groups in total. The highest BCUT2D eigenvalue weighted by Gasteiger charge is 2.49. The van der Waals surface area contributed by atoms with Gasteiger partial charge in [0.1, 0.15) is 0 Å². The summed E-state index contributed by atoms with van der Waals surface area (Å²) < 4.78 is 32.7. The van der Waals surface area contributed by atoms with E-state index >= 15 is 0 Å². The molecule has 0 aliphatic carbocycles. The Bertz CT molecular complexity index is 713. The molecule has 2 heterocycles. The van der Waals surface area contributed by atoms with Gasteiger partial charge >= 0.3 is 0 Å². The van der Waals surface area contributed by atoms with Crippen LogP contribution in [0.3, 0.4) is 0 Å². The number of ether oxygens (including phenoxy) is 1. The third-order valence-corrected chi connectivity index (χ3v) is 7.07. The molecular formula is C15H21N3O5S. The first-order valence-corrected chi connectivity index (χ1v) is 9.35. The molecule has 24 heavy (non-hydrogen) atoms. The van der Waals surface area contributed by atoms with E-state index in [1.165, 1.54) is 28.6 Å². The van der Waals surface area contributed by atoms with Crippen molar-refractivity contribution < 1.29 is 18.1 Å². The highest BCUT2D eigenvalue weighted by molar-refractivity contribution is 7.89. The van der Waals surface area contributed by atoms with Gasteiger partial charge in [-0.1, -0.05) is 0 Å². The first-order valence-electron chi connectivity index (χ1n) is 7.91.